The van der Waals surface area contributed by atoms with Crippen LogP contribution >= 0.6 is 0 Å². The second-order valence-corrected chi connectivity index (χ2v) is 5.75. The van der Waals surface area contributed by atoms with Crippen molar-refractivity contribution in [3.05, 3.63) is 71.1 Å². The van der Waals surface area contributed by atoms with E-state index in [9.17, 15) is 14.7 Å². The van der Waals surface area contributed by atoms with Crippen LogP contribution in [0.3, 0.4) is 0 Å². The summed E-state index contributed by atoms with van der Waals surface area (Å²) in [6.45, 7) is 0.885. The number of ketones is 2. The first-order valence-electron chi connectivity index (χ1n) is 7.83. The van der Waals surface area contributed by atoms with Gasteiger partial charge in [-0.2, -0.15) is 0 Å². The molecule has 6 heteroatoms. The van der Waals surface area contributed by atoms with Crippen molar-refractivity contribution >= 4 is 22.9 Å². The number of nitrogens with one attached hydrogen (secondary N) is 2. The van der Waals surface area contributed by atoms with Gasteiger partial charge < -0.3 is 20.8 Å². The zero-order valence-electron chi connectivity index (χ0n) is 13.6. The fraction of sp³-hybridized carbons (Fsp3) is 0.158. The summed E-state index contributed by atoms with van der Waals surface area (Å²) < 4.78 is 0. The Kier molecular flexibility index (Phi) is 4.65. The third kappa shape index (κ3) is 3.31. The highest BCUT2D eigenvalue weighted by Crippen LogP contribution is 2.32. The van der Waals surface area contributed by atoms with Gasteiger partial charge in [0, 0.05) is 5.56 Å². The average molecular weight is 338 g/mol. The summed E-state index contributed by atoms with van der Waals surface area (Å²) in [5.41, 5.74) is 2.26. The van der Waals surface area contributed by atoms with Crippen molar-refractivity contribution in [1.82, 2.24) is 0 Å². The van der Waals surface area contributed by atoms with Crippen LogP contribution in [0.25, 0.3) is 0 Å². The second kappa shape index (κ2) is 6.88. The van der Waals surface area contributed by atoms with E-state index in [2.05, 4.69) is 10.6 Å². The van der Waals surface area contributed by atoms with Crippen LogP contribution in [0, 0.1) is 0 Å². The van der Waals surface area contributed by atoms with E-state index in [0.29, 0.717) is 11.4 Å². The SMILES string of the molecule is CC(=O)C(C(=O)c1cccc(C(O)CO)c1)=C1Nc2ccccc2N1. The van der Waals surface area contributed by atoms with Gasteiger partial charge in [0.05, 0.1) is 18.0 Å². The van der Waals surface area contributed by atoms with Crippen molar-refractivity contribution in [2.45, 2.75) is 13.0 Å². The highest BCUT2D eigenvalue weighted by atomic mass is 16.3. The van der Waals surface area contributed by atoms with Gasteiger partial charge in [0.2, 0.25) is 0 Å². The maximum Gasteiger partial charge on any atom is 0.200 e. The molecule has 1 aliphatic rings. The standard InChI is InChI=1S/C19H18N2O4/c1-11(23)17(19-20-14-7-2-3-8-15(14)21-19)18(25)13-6-4-5-12(9-13)16(24)10-22/h2-9,16,20-22,24H,10H2,1H3. The van der Waals surface area contributed by atoms with Crippen LogP contribution in [0.15, 0.2) is 59.9 Å². The molecule has 1 atom stereocenters. The Morgan fingerprint density at radius 3 is 2.24 bits per heavy atom. The largest absolute Gasteiger partial charge is 0.393 e. The number of anilines is 2. The molecule has 25 heavy (non-hydrogen) atoms. The smallest absolute Gasteiger partial charge is 0.200 e. The van der Waals surface area contributed by atoms with Crippen molar-refractivity contribution in [2.75, 3.05) is 17.2 Å². The van der Waals surface area contributed by atoms with Gasteiger partial charge in [-0.05, 0) is 30.7 Å². The minimum Gasteiger partial charge on any atom is -0.393 e. The molecule has 128 valence electrons. The lowest BCUT2D eigenvalue weighted by Crippen LogP contribution is -2.18. The summed E-state index contributed by atoms with van der Waals surface area (Å²) in [6, 6.07) is 13.7. The number of fused-ring (bicyclic) bond motifs is 1. The molecule has 0 aliphatic carbocycles. The molecule has 1 aliphatic heterocycles. The van der Waals surface area contributed by atoms with Gasteiger partial charge in [0.25, 0.3) is 0 Å². The molecular weight excluding hydrogens is 320 g/mol. The van der Waals surface area contributed by atoms with Gasteiger partial charge in [0.15, 0.2) is 11.6 Å². The Labute approximate surface area is 144 Å². The number of aliphatic hydroxyl groups is 2. The number of hydrogen-bond donors (Lipinski definition) is 4. The predicted octanol–water partition coefficient (Wildman–Crippen LogP) is 2.23. The van der Waals surface area contributed by atoms with Crippen LogP contribution in [0.5, 0.6) is 0 Å². The van der Waals surface area contributed by atoms with Gasteiger partial charge >= 0.3 is 0 Å². The quantitative estimate of drug-likeness (QED) is 0.289. The summed E-state index contributed by atoms with van der Waals surface area (Å²) in [5, 5.41) is 24.9. The zero-order valence-corrected chi connectivity index (χ0v) is 13.6. The Hall–Kier alpha value is -2.96. The molecule has 0 saturated carbocycles. The first kappa shape index (κ1) is 16.9. The van der Waals surface area contributed by atoms with Gasteiger partial charge in [-0.1, -0.05) is 30.3 Å². The van der Waals surface area contributed by atoms with Crippen LogP contribution in [-0.2, 0) is 4.79 Å². The van der Waals surface area contributed by atoms with E-state index in [1.165, 1.54) is 13.0 Å². The topological polar surface area (TPSA) is 98.7 Å². The lowest BCUT2D eigenvalue weighted by Gasteiger charge is -2.11. The lowest BCUT2D eigenvalue weighted by molar-refractivity contribution is -0.113. The van der Waals surface area contributed by atoms with Crippen molar-refractivity contribution in [3.63, 3.8) is 0 Å². The molecule has 0 radical (unpaired) electrons. The molecule has 6 nitrogen and oxygen atoms in total. The molecule has 0 amide bonds. The number of Topliss-reactive ketones (excluding diaryl/α,β-unsaturated/α-hetero) is 2. The van der Waals surface area contributed by atoms with Gasteiger partial charge in [0.1, 0.15) is 17.5 Å². The number of para-hydroxylation sites is 2. The third-order valence-corrected chi connectivity index (χ3v) is 3.98. The molecule has 4 N–H and O–H groups in total. The van der Waals surface area contributed by atoms with Crippen molar-refractivity contribution in [2.24, 2.45) is 0 Å². The van der Waals surface area contributed by atoms with Gasteiger partial charge in [-0.25, -0.2) is 0 Å². The monoisotopic (exact) mass is 338 g/mol. The van der Waals surface area contributed by atoms with Gasteiger partial charge in [-0.3, -0.25) is 9.59 Å². The third-order valence-electron chi connectivity index (χ3n) is 3.98. The second-order valence-electron chi connectivity index (χ2n) is 5.75. The number of benzene rings is 2. The number of carbonyl (C=O) groups is 2. The molecule has 3 rings (SSSR count). The minimum atomic E-state index is -1.08. The normalized spacial score (nSPS) is 13.5. The molecule has 0 aromatic heterocycles. The molecule has 2 aromatic rings. The van der Waals surface area contributed by atoms with Crippen LogP contribution in [0.1, 0.15) is 28.9 Å². The van der Waals surface area contributed by atoms with Crippen LogP contribution in [0.2, 0.25) is 0 Å². The Morgan fingerprint density at radius 2 is 1.68 bits per heavy atom. The summed E-state index contributed by atoms with van der Waals surface area (Å²) >= 11 is 0. The number of rotatable bonds is 5. The number of hydrogen-bond acceptors (Lipinski definition) is 6. The Morgan fingerprint density at radius 1 is 1.04 bits per heavy atom. The van der Waals surface area contributed by atoms with Crippen LogP contribution in [0.4, 0.5) is 11.4 Å². The molecule has 1 heterocycles. The summed E-state index contributed by atoms with van der Waals surface area (Å²) in [7, 11) is 0. The van der Waals surface area contributed by atoms with E-state index in [1.54, 1.807) is 18.2 Å². The number of allylic oxidation sites excluding steroid dienone is 1. The zero-order chi connectivity index (χ0) is 18.0. The first-order valence-corrected chi connectivity index (χ1v) is 7.83. The maximum atomic E-state index is 12.9. The van der Waals surface area contributed by atoms with Gasteiger partial charge in [-0.15, -0.1) is 0 Å². The fourth-order valence-corrected chi connectivity index (χ4v) is 2.71. The van der Waals surface area contributed by atoms with E-state index in [4.69, 9.17) is 5.11 Å². The van der Waals surface area contributed by atoms with E-state index < -0.39 is 18.5 Å². The van der Waals surface area contributed by atoms with E-state index in [1.807, 2.05) is 24.3 Å². The lowest BCUT2D eigenvalue weighted by atomic mass is 9.97. The molecule has 2 aromatic carbocycles. The molecular formula is C19H18N2O4. The predicted molar refractivity (Wildman–Crippen MR) is 94.2 cm³/mol. The number of aliphatic hydroxyl groups excluding tert-OH is 2. The van der Waals surface area contributed by atoms with Crippen molar-refractivity contribution in [1.29, 1.82) is 0 Å². The molecule has 0 spiro atoms. The summed E-state index contributed by atoms with van der Waals surface area (Å²) in [4.78, 5) is 25.0. The first-order chi connectivity index (χ1) is 12.0. The van der Waals surface area contributed by atoms with E-state index in [0.717, 1.165) is 11.4 Å². The van der Waals surface area contributed by atoms with Crippen LogP contribution in [-0.4, -0.2) is 28.4 Å². The highest BCUT2D eigenvalue weighted by molar-refractivity contribution is 6.27. The van der Waals surface area contributed by atoms with Crippen molar-refractivity contribution < 1.29 is 19.8 Å². The Balaban J connectivity index is 1.99. The molecule has 0 fully saturated rings. The van der Waals surface area contributed by atoms with Crippen LogP contribution < -0.4 is 10.6 Å². The van der Waals surface area contributed by atoms with E-state index in [-0.39, 0.29) is 16.9 Å². The average Bonchev–Trinajstić information content (AvgIpc) is 3.04. The fourth-order valence-electron chi connectivity index (χ4n) is 2.71. The van der Waals surface area contributed by atoms with Crippen molar-refractivity contribution in [3.8, 4) is 0 Å². The molecule has 0 saturated heterocycles. The number of carbonyl (C=O) groups excluding carboxylic acids is 2. The Bertz CT molecular complexity index is 846. The minimum absolute atomic E-state index is 0.00633. The maximum absolute atomic E-state index is 12.9. The summed E-state index contributed by atoms with van der Waals surface area (Å²) in [5.74, 6) is -0.491. The highest BCUT2D eigenvalue weighted by Gasteiger charge is 2.26. The molecule has 0 bridgehead atoms. The van der Waals surface area contributed by atoms with E-state index >= 15 is 0 Å². The molecule has 1 unspecified atom stereocenters. The summed E-state index contributed by atoms with van der Waals surface area (Å²) in [6.07, 6.45) is -1.08.